The lowest BCUT2D eigenvalue weighted by atomic mass is 10.0. The Morgan fingerprint density at radius 3 is 2.76 bits per heavy atom. The molecule has 1 aromatic carbocycles. The van der Waals surface area contributed by atoms with Crippen LogP contribution in [-0.4, -0.2) is 6.54 Å². The van der Waals surface area contributed by atoms with E-state index in [1.165, 1.54) is 0 Å². The summed E-state index contributed by atoms with van der Waals surface area (Å²) in [4.78, 5) is 0. The molecule has 0 aliphatic rings. The number of hydrogen-bond donors (Lipinski definition) is 1. The van der Waals surface area contributed by atoms with Crippen LogP contribution in [-0.2, 0) is 0 Å². The zero-order valence-electron chi connectivity index (χ0n) is 9.97. The zero-order chi connectivity index (χ0) is 12.7. The van der Waals surface area contributed by atoms with Crippen molar-refractivity contribution in [2.45, 2.75) is 32.2 Å². The minimum Gasteiger partial charge on any atom is -0.310 e. The summed E-state index contributed by atoms with van der Waals surface area (Å²) in [5.74, 6) is 2.66. The predicted octanol–water partition coefficient (Wildman–Crippen LogP) is 4.45. The quantitative estimate of drug-likeness (QED) is 0.595. The largest absolute Gasteiger partial charge is 0.310 e. The van der Waals surface area contributed by atoms with E-state index in [9.17, 15) is 0 Å². The highest BCUT2D eigenvalue weighted by Crippen LogP contribution is 2.29. The van der Waals surface area contributed by atoms with Crippen LogP contribution in [0.15, 0.2) is 18.2 Å². The van der Waals surface area contributed by atoms with Crippen LogP contribution < -0.4 is 5.32 Å². The molecule has 0 saturated heterocycles. The molecule has 0 amide bonds. The van der Waals surface area contributed by atoms with E-state index in [1.807, 2.05) is 12.1 Å². The Morgan fingerprint density at radius 1 is 1.41 bits per heavy atom. The number of terminal acetylenes is 1. The van der Waals surface area contributed by atoms with Gasteiger partial charge in [0.05, 0.1) is 0 Å². The number of benzene rings is 1. The van der Waals surface area contributed by atoms with E-state index in [0.717, 1.165) is 31.4 Å². The minimum atomic E-state index is 0.248. The molecule has 0 aliphatic carbocycles. The first-order chi connectivity index (χ1) is 8.19. The monoisotopic (exact) mass is 269 g/mol. The molecule has 1 N–H and O–H groups in total. The van der Waals surface area contributed by atoms with Crippen LogP contribution >= 0.6 is 23.2 Å². The van der Waals surface area contributed by atoms with E-state index < -0.39 is 0 Å². The Labute approximate surface area is 114 Å². The zero-order valence-corrected chi connectivity index (χ0v) is 11.5. The van der Waals surface area contributed by atoms with Crippen molar-refractivity contribution in [3.63, 3.8) is 0 Å². The summed E-state index contributed by atoms with van der Waals surface area (Å²) in [5, 5.41) is 4.80. The third-order valence-electron chi connectivity index (χ3n) is 2.60. The van der Waals surface area contributed by atoms with E-state index in [-0.39, 0.29) is 6.04 Å². The molecule has 3 heteroatoms. The highest BCUT2D eigenvalue weighted by atomic mass is 35.5. The molecule has 0 heterocycles. The predicted molar refractivity (Wildman–Crippen MR) is 75.6 cm³/mol. The fourth-order valence-corrected chi connectivity index (χ4v) is 2.35. The fourth-order valence-electron chi connectivity index (χ4n) is 1.81. The summed E-state index contributed by atoms with van der Waals surface area (Å²) >= 11 is 12.1. The molecular formula is C14H17Cl2N. The van der Waals surface area contributed by atoms with Crippen LogP contribution in [0.25, 0.3) is 0 Å². The molecule has 1 nitrogen and oxygen atoms in total. The van der Waals surface area contributed by atoms with Crippen LogP contribution in [0.5, 0.6) is 0 Å². The van der Waals surface area contributed by atoms with Gasteiger partial charge in [0.25, 0.3) is 0 Å². The van der Waals surface area contributed by atoms with Crippen LogP contribution in [0.4, 0.5) is 0 Å². The molecule has 0 fully saturated rings. The van der Waals surface area contributed by atoms with Gasteiger partial charge in [-0.2, -0.15) is 0 Å². The lowest BCUT2D eigenvalue weighted by Gasteiger charge is -2.19. The molecule has 0 saturated carbocycles. The fraction of sp³-hybridized carbons (Fsp3) is 0.429. The molecule has 0 aliphatic heterocycles. The molecule has 0 bridgehead atoms. The lowest BCUT2D eigenvalue weighted by molar-refractivity contribution is 0.502. The van der Waals surface area contributed by atoms with Gasteiger partial charge in [0.1, 0.15) is 0 Å². The normalized spacial score (nSPS) is 12.1. The lowest BCUT2D eigenvalue weighted by Crippen LogP contribution is -2.21. The summed E-state index contributed by atoms with van der Waals surface area (Å²) in [7, 11) is 0. The smallest absolute Gasteiger partial charge is 0.0468 e. The third kappa shape index (κ3) is 4.60. The van der Waals surface area contributed by atoms with Crippen molar-refractivity contribution in [3.8, 4) is 12.3 Å². The molecule has 0 aromatic heterocycles. The van der Waals surface area contributed by atoms with Gasteiger partial charge in [0.15, 0.2) is 0 Å². The second-order valence-electron chi connectivity index (χ2n) is 3.87. The molecule has 1 unspecified atom stereocenters. The van der Waals surface area contributed by atoms with Crippen molar-refractivity contribution in [2.24, 2.45) is 0 Å². The van der Waals surface area contributed by atoms with Gasteiger partial charge in [-0.3, -0.25) is 0 Å². The van der Waals surface area contributed by atoms with Gasteiger partial charge in [0, 0.05) is 22.5 Å². The van der Waals surface area contributed by atoms with E-state index >= 15 is 0 Å². The van der Waals surface area contributed by atoms with E-state index in [2.05, 4.69) is 18.2 Å². The van der Waals surface area contributed by atoms with Crippen molar-refractivity contribution < 1.29 is 0 Å². The van der Waals surface area contributed by atoms with Gasteiger partial charge in [0.2, 0.25) is 0 Å². The van der Waals surface area contributed by atoms with Gasteiger partial charge in [-0.25, -0.2) is 0 Å². The third-order valence-corrected chi connectivity index (χ3v) is 3.16. The summed E-state index contributed by atoms with van der Waals surface area (Å²) in [6.45, 7) is 2.98. The number of halogens is 2. The van der Waals surface area contributed by atoms with Gasteiger partial charge in [-0.1, -0.05) is 36.2 Å². The molecule has 17 heavy (non-hydrogen) atoms. The molecule has 92 valence electrons. The van der Waals surface area contributed by atoms with Crippen molar-refractivity contribution >= 4 is 23.2 Å². The maximum atomic E-state index is 6.21. The first-order valence-corrected chi connectivity index (χ1v) is 6.56. The first kappa shape index (κ1) is 14.4. The first-order valence-electron chi connectivity index (χ1n) is 5.80. The average molecular weight is 270 g/mol. The average Bonchev–Trinajstić information content (AvgIpc) is 2.28. The number of hydrogen-bond acceptors (Lipinski definition) is 1. The number of nitrogens with one attached hydrogen (secondary N) is 1. The van der Waals surface area contributed by atoms with Gasteiger partial charge in [-0.15, -0.1) is 12.3 Å². The van der Waals surface area contributed by atoms with Gasteiger partial charge >= 0.3 is 0 Å². The maximum Gasteiger partial charge on any atom is 0.0468 e. The Morgan fingerprint density at radius 2 is 2.18 bits per heavy atom. The Balaban J connectivity index is 2.78. The van der Waals surface area contributed by atoms with Crippen LogP contribution in [0, 0.1) is 12.3 Å². The molecule has 1 atom stereocenters. The SMILES string of the molecule is C#CCCCC(NCC)c1ccc(Cl)cc1Cl. The molecular weight excluding hydrogens is 253 g/mol. The maximum absolute atomic E-state index is 6.21. The summed E-state index contributed by atoms with van der Waals surface area (Å²) in [6.07, 6.45) is 8.04. The molecule has 0 radical (unpaired) electrons. The number of unbranched alkanes of at least 4 members (excludes halogenated alkanes) is 1. The number of rotatable bonds is 6. The topological polar surface area (TPSA) is 12.0 Å². The minimum absolute atomic E-state index is 0.248. The van der Waals surface area contributed by atoms with E-state index in [1.54, 1.807) is 6.07 Å². The highest BCUT2D eigenvalue weighted by molar-refractivity contribution is 6.35. The Hall–Kier alpha value is -0.680. The van der Waals surface area contributed by atoms with Crippen molar-refractivity contribution in [3.05, 3.63) is 33.8 Å². The highest BCUT2D eigenvalue weighted by Gasteiger charge is 2.13. The molecule has 1 aromatic rings. The molecule has 0 spiro atoms. The second-order valence-corrected chi connectivity index (χ2v) is 4.72. The van der Waals surface area contributed by atoms with Crippen LogP contribution in [0.3, 0.4) is 0 Å². The van der Waals surface area contributed by atoms with Crippen LogP contribution in [0.1, 0.15) is 37.8 Å². The standard InChI is InChI=1S/C14H17Cl2N/c1-3-5-6-7-14(17-4-2)12-9-8-11(15)10-13(12)16/h1,8-10,14,17H,4-7H2,2H3. The van der Waals surface area contributed by atoms with Gasteiger partial charge < -0.3 is 5.32 Å². The van der Waals surface area contributed by atoms with E-state index in [0.29, 0.717) is 10.0 Å². The summed E-state index contributed by atoms with van der Waals surface area (Å²) in [5.41, 5.74) is 1.09. The van der Waals surface area contributed by atoms with Crippen molar-refractivity contribution in [2.75, 3.05) is 6.54 Å². The summed E-state index contributed by atoms with van der Waals surface area (Å²) < 4.78 is 0. The second kappa shape index (κ2) is 7.61. The Bertz CT molecular complexity index is 396. The summed E-state index contributed by atoms with van der Waals surface area (Å²) in [6, 6.07) is 5.88. The van der Waals surface area contributed by atoms with Crippen molar-refractivity contribution in [1.29, 1.82) is 0 Å². The Kier molecular flexibility index (Phi) is 6.44. The van der Waals surface area contributed by atoms with Crippen molar-refractivity contribution in [1.82, 2.24) is 5.32 Å². The van der Waals surface area contributed by atoms with Gasteiger partial charge in [-0.05, 0) is 37.1 Å². The molecule has 1 rings (SSSR count). The van der Waals surface area contributed by atoms with Crippen LogP contribution in [0.2, 0.25) is 10.0 Å². The van der Waals surface area contributed by atoms with E-state index in [4.69, 9.17) is 29.6 Å².